The van der Waals surface area contributed by atoms with E-state index in [9.17, 15) is 18.0 Å². The fourth-order valence-corrected chi connectivity index (χ4v) is 1.25. The quantitative estimate of drug-likeness (QED) is 0.737. The minimum absolute atomic E-state index is 0.165. The minimum Gasteiger partial charge on any atom is -0.496 e. The van der Waals surface area contributed by atoms with Crippen molar-refractivity contribution in [2.75, 3.05) is 14.2 Å². The van der Waals surface area contributed by atoms with Crippen LogP contribution in [-0.2, 0) is 10.9 Å². The summed E-state index contributed by atoms with van der Waals surface area (Å²) in [5.74, 6) is -1.24. The van der Waals surface area contributed by atoms with E-state index < -0.39 is 23.3 Å². The highest BCUT2D eigenvalue weighted by Gasteiger charge is 2.37. The highest BCUT2D eigenvalue weighted by molar-refractivity contribution is 5.94. The van der Waals surface area contributed by atoms with Crippen molar-refractivity contribution >= 4 is 5.97 Å². The van der Waals surface area contributed by atoms with Gasteiger partial charge >= 0.3 is 12.1 Å². The molecular formula is C10H9F3O3. The molecule has 0 N–H and O–H groups in total. The lowest BCUT2D eigenvalue weighted by molar-refractivity contribution is -0.138. The second-order valence-corrected chi connectivity index (χ2v) is 2.87. The Bertz CT molecular complexity index is 399. The third-order valence-electron chi connectivity index (χ3n) is 1.94. The van der Waals surface area contributed by atoms with Gasteiger partial charge in [-0.15, -0.1) is 0 Å². The van der Waals surface area contributed by atoms with Crippen LogP contribution in [0.4, 0.5) is 13.2 Å². The molecule has 0 aliphatic carbocycles. The van der Waals surface area contributed by atoms with Crippen LogP contribution in [0.15, 0.2) is 18.2 Å². The van der Waals surface area contributed by atoms with Crippen LogP contribution >= 0.6 is 0 Å². The van der Waals surface area contributed by atoms with Crippen molar-refractivity contribution in [2.45, 2.75) is 6.18 Å². The van der Waals surface area contributed by atoms with E-state index >= 15 is 0 Å². The summed E-state index contributed by atoms with van der Waals surface area (Å²) in [6, 6.07) is 3.23. The molecule has 0 aliphatic rings. The van der Waals surface area contributed by atoms with Crippen LogP contribution < -0.4 is 4.74 Å². The molecule has 0 aliphatic heterocycles. The van der Waals surface area contributed by atoms with Gasteiger partial charge in [-0.2, -0.15) is 13.2 Å². The molecule has 16 heavy (non-hydrogen) atoms. The molecule has 0 amide bonds. The van der Waals surface area contributed by atoms with E-state index in [4.69, 9.17) is 4.74 Å². The highest BCUT2D eigenvalue weighted by atomic mass is 19.4. The summed E-state index contributed by atoms with van der Waals surface area (Å²) >= 11 is 0. The van der Waals surface area contributed by atoms with E-state index in [1.807, 2.05) is 0 Å². The fourth-order valence-electron chi connectivity index (χ4n) is 1.25. The summed E-state index contributed by atoms with van der Waals surface area (Å²) in [5, 5.41) is 0. The first-order valence-corrected chi connectivity index (χ1v) is 4.24. The van der Waals surface area contributed by atoms with Crippen LogP contribution in [0.3, 0.4) is 0 Å². The molecule has 88 valence electrons. The Balaban J connectivity index is 3.44. The lowest BCUT2D eigenvalue weighted by atomic mass is 10.1. The van der Waals surface area contributed by atoms with Crippen LogP contribution in [0.2, 0.25) is 0 Å². The third-order valence-corrected chi connectivity index (χ3v) is 1.94. The number of rotatable bonds is 2. The molecule has 3 nitrogen and oxygen atoms in total. The van der Waals surface area contributed by atoms with Crippen LogP contribution in [0, 0.1) is 0 Å². The number of halogens is 3. The SMILES string of the molecule is COC(=O)c1c(OC)cccc1C(F)(F)F. The summed E-state index contributed by atoms with van der Waals surface area (Å²) in [6.07, 6.45) is -4.63. The number of methoxy groups -OCH3 is 2. The number of hydrogen-bond donors (Lipinski definition) is 0. The van der Waals surface area contributed by atoms with Crippen LogP contribution in [0.1, 0.15) is 15.9 Å². The van der Waals surface area contributed by atoms with Crippen molar-refractivity contribution in [2.24, 2.45) is 0 Å². The molecule has 0 bridgehead atoms. The van der Waals surface area contributed by atoms with Gasteiger partial charge < -0.3 is 9.47 Å². The van der Waals surface area contributed by atoms with Crippen LogP contribution in [0.25, 0.3) is 0 Å². The van der Waals surface area contributed by atoms with Crippen molar-refractivity contribution in [3.05, 3.63) is 29.3 Å². The number of ether oxygens (including phenoxy) is 2. The summed E-state index contributed by atoms with van der Waals surface area (Å²) in [6.45, 7) is 0. The zero-order valence-corrected chi connectivity index (χ0v) is 8.59. The zero-order valence-electron chi connectivity index (χ0n) is 8.59. The molecule has 0 unspecified atom stereocenters. The summed E-state index contributed by atoms with van der Waals surface area (Å²) < 4.78 is 46.8. The van der Waals surface area contributed by atoms with Crippen LogP contribution in [-0.4, -0.2) is 20.2 Å². The van der Waals surface area contributed by atoms with E-state index in [0.29, 0.717) is 0 Å². The molecule has 0 saturated carbocycles. The molecule has 1 rings (SSSR count). The van der Waals surface area contributed by atoms with Gasteiger partial charge in [-0.25, -0.2) is 4.79 Å². The van der Waals surface area contributed by atoms with Gasteiger partial charge in [0.2, 0.25) is 0 Å². The average molecular weight is 234 g/mol. The number of alkyl halides is 3. The molecular weight excluding hydrogens is 225 g/mol. The number of carbonyl (C=O) groups excluding carboxylic acids is 1. The molecule has 0 aromatic heterocycles. The zero-order chi connectivity index (χ0) is 12.3. The molecule has 0 fully saturated rings. The van der Waals surface area contributed by atoms with Gasteiger partial charge in [-0.05, 0) is 12.1 Å². The van der Waals surface area contributed by atoms with E-state index in [-0.39, 0.29) is 5.75 Å². The maximum atomic E-state index is 12.6. The Hall–Kier alpha value is -1.72. The standard InChI is InChI=1S/C10H9F3O3/c1-15-7-5-3-4-6(10(11,12)13)8(7)9(14)16-2/h3-5H,1-2H3. The van der Waals surface area contributed by atoms with Crippen molar-refractivity contribution in [3.8, 4) is 5.75 Å². The van der Waals surface area contributed by atoms with Gasteiger partial charge in [0.15, 0.2) is 0 Å². The summed E-state index contributed by atoms with van der Waals surface area (Å²) in [4.78, 5) is 11.3. The molecule has 0 heterocycles. The van der Waals surface area contributed by atoms with Gasteiger partial charge in [0.05, 0.1) is 19.8 Å². The number of carbonyl (C=O) groups is 1. The normalized spacial score (nSPS) is 11.1. The minimum atomic E-state index is -4.63. The Kier molecular flexibility index (Phi) is 3.41. The van der Waals surface area contributed by atoms with Crippen LogP contribution in [0.5, 0.6) is 5.75 Å². The van der Waals surface area contributed by atoms with Crippen molar-refractivity contribution in [3.63, 3.8) is 0 Å². The number of esters is 1. The first-order valence-electron chi connectivity index (χ1n) is 4.24. The summed E-state index contributed by atoms with van der Waals surface area (Å²) in [5.41, 5.74) is -1.68. The maximum Gasteiger partial charge on any atom is 0.417 e. The molecule has 1 aromatic carbocycles. The molecule has 1 aromatic rings. The van der Waals surface area contributed by atoms with Gasteiger partial charge in [-0.1, -0.05) is 6.07 Å². The highest BCUT2D eigenvalue weighted by Crippen LogP contribution is 2.36. The monoisotopic (exact) mass is 234 g/mol. The average Bonchev–Trinajstić information content (AvgIpc) is 2.25. The predicted molar refractivity (Wildman–Crippen MR) is 49.3 cm³/mol. The second-order valence-electron chi connectivity index (χ2n) is 2.87. The Morgan fingerprint density at radius 1 is 1.25 bits per heavy atom. The Morgan fingerprint density at radius 2 is 1.88 bits per heavy atom. The molecule has 0 spiro atoms. The molecule has 6 heteroatoms. The second kappa shape index (κ2) is 4.42. The van der Waals surface area contributed by atoms with E-state index in [1.165, 1.54) is 13.2 Å². The first-order chi connectivity index (χ1) is 7.41. The smallest absolute Gasteiger partial charge is 0.417 e. The summed E-state index contributed by atoms with van der Waals surface area (Å²) in [7, 11) is 2.19. The lowest BCUT2D eigenvalue weighted by Crippen LogP contribution is -2.15. The first kappa shape index (κ1) is 12.4. The van der Waals surface area contributed by atoms with E-state index in [0.717, 1.165) is 19.2 Å². The van der Waals surface area contributed by atoms with Crippen molar-refractivity contribution < 1.29 is 27.4 Å². The van der Waals surface area contributed by atoms with E-state index in [2.05, 4.69) is 4.74 Å². The van der Waals surface area contributed by atoms with Crippen molar-refractivity contribution in [1.29, 1.82) is 0 Å². The largest absolute Gasteiger partial charge is 0.496 e. The number of benzene rings is 1. The van der Waals surface area contributed by atoms with Gasteiger partial charge in [0.1, 0.15) is 11.3 Å². The van der Waals surface area contributed by atoms with Gasteiger partial charge in [-0.3, -0.25) is 0 Å². The Morgan fingerprint density at radius 3 is 2.31 bits per heavy atom. The molecule has 0 atom stereocenters. The topological polar surface area (TPSA) is 35.5 Å². The third kappa shape index (κ3) is 2.26. The fraction of sp³-hybridized carbons (Fsp3) is 0.300. The van der Waals surface area contributed by atoms with E-state index in [1.54, 1.807) is 0 Å². The van der Waals surface area contributed by atoms with Gasteiger partial charge in [0.25, 0.3) is 0 Å². The van der Waals surface area contributed by atoms with Crippen molar-refractivity contribution in [1.82, 2.24) is 0 Å². The predicted octanol–water partition coefficient (Wildman–Crippen LogP) is 2.50. The maximum absolute atomic E-state index is 12.6. The lowest BCUT2D eigenvalue weighted by Gasteiger charge is -2.14. The Labute approximate surface area is 89.8 Å². The molecule has 0 saturated heterocycles. The number of hydrogen-bond acceptors (Lipinski definition) is 3. The molecule has 0 radical (unpaired) electrons. The van der Waals surface area contributed by atoms with Gasteiger partial charge in [0, 0.05) is 0 Å².